The van der Waals surface area contributed by atoms with E-state index in [1.54, 1.807) is 0 Å². The highest BCUT2D eigenvalue weighted by molar-refractivity contribution is 6.39. The number of nitrogens with zero attached hydrogens (tertiary/aromatic N) is 1. The molecule has 2 amide bonds. The van der Waals surface area contributed by atoms with Crippen LogP contribution < -0.4 is 4.90 Å². The van der Waals surface area contributed by atoms with Gasteiger partial charge < -0.3 is 0 Å². The Kier molecular flexibility index (Phi) is 6.11. The maximum atomic E-state index is 15.8. The average molecular weight is 586 g/mol. The van der Waals surface area contributed by atoms with E-state index < -0.39 is 22.7 Å². The number of Topliss-reactive ketones (excluding diaryl/α,β-unsaturated/α-hetero) is 1. The van der Waals surface area contributed by atoms with Crippen molar-refractivity contribution in [2.45, 2.75) is 24.2 Å². The molecule has 2 aliphatic carbocycles. The molecule has 0 spiro atoms. The minimum Gasteiger partial charge on any atom is -0.297 e. The van der Waals surface area contributed by atoms with Gasteiger partial charge in [0.2, 0.25) is 11.8 Å². The fourth-order valence-corrected chi connectivity index (χ4v) is 8.47. The molecule has 8 rings (SSSR count). The van der Waals surface area contributed by atoms with Crippen LogP contribution in [0.5, 0.6) is 0 Å². The van der Waals surface area contributed by atoms with Crippen molar-refractivity contribution in [3.63, 3.8) is 0 Å². The van der Waals surface area contributed by atoms with Gasteiger partial charge in [0.25, 0.3) is 0 Å². The summed E-state index contributed by atoms with van der Waals surface area (Å²) in [7, 11) is 0. The molecule has 0 N–H and O–H groups in total. The normalized spacial score (nSPS) is 25.3. The van der Waals surface area contributed by atoms with Gasteiger partial charge in [0.15, 0.2) is 5.78 Å². The zero-order valence-corrected chi connectivity index (χ0v) is 24.9. The van der Waals surface area contributed by atoms with Crippen molar-refractivity contribution in [3.05, 3.63) is 173 Å². The fraction of sp³-hybridized carbons (Fsp3) is 0.146. The van der Waals surface area contributed by atoms with Crippen LogP contribution in [0, 0.1) is 11.8 Å². The van der Waals surface area contributed by atoms with Crippen LogP contribution in [0.4, 0.5) is 5.69 Å². The molecule has 4 nitrogen and oxygen atoms in total. The van der Waals surface area contributed by atoms with E-state index in [0.717, 1.165) is 45.4 Å². The summed E-state index contributed by atoms with van der Waals surface area (Å²) in [5, 5.41) is 0. The molecule has 218 valence electrons. The quantitative estimate of drug-likeness (QED) is 0.195. The van der Waals surface area contributed by atoms with Crippen molar-refractivity contribution in [1.29, 1.82) is 0 Å². The van der Waals surface area contributed by atoms with Crippen LogP contribution in [0.15, 0.2) is 146 Å². The molecule has 5 aromatic carbocycles. The predicted octanol–water partition coefficient (Wildman–Crippen LogP) is 7.44. The van der Waals surface area contributed by atoms with Gasteiger partial charge in [-0.2, -0.15) is 0 Å². The van der Waals surface area contributed by atoms with E-state index in [2.05, 4.69) is 6.92 Å². The van der Waals surface area contributed by atoms with E-state index in [-0.39, 0.29) is 17.6 Å². The highest BCUT2D eigenvalue weighted by Gasteiger charge is 2.82. The largest absolute Gasteiger partial charge is 0.297 e. The van der Waals surface area contributed by atoms with Crippen molar-refractivity contribution in [2.75, 3.05) is 4.90 Å². The Morgan fingerprint density at radius 1 is 0.511 bits per heavy atom. The molecule has 0 unspecified atom stereocenters. The first-order chi connectivity index (χ1) is 22.1. The first-order valence-electron chi connectivity index (χ1n) is 15.5. The molecule has 1 heterocycles. The minimum absolute atomic E-state index is 0.109. The Bertz CT molecular complexity index is 1860. The van der Waals surface area contributed by atoms with E-state index in [9.17, 15) is 9.59 Å². The van der Waals surface area contributed by atoms with Crippen LogP contribution >= 0.6 is 0 Å². The van der Waals surface area contributed by atoms with Crippen molar-refractivity contribution in [3.8, 4) is 0 Å². The summed E-state index contributed by atoms with van der Waals surface area (Å²) in [4.78, 5) is 47.2. The maximum absolute atomic E-state index is 15.8. The van der Waals surface area contributed by atoms with Gasteiger partial charge in [0.05, 0.1) is 28.4 Å². The van der Waals surface area contributed by atoms with Crippen molar-refractivity contribution < 1.29 is 14.4 Å². The minimum atomic E-state index is -1.39. The van der Waals surface area contributed by atoms with Gasteiger partial charge in [0, 0.05) is 0 Å². The van der Waals surface area contributed by atoms with Crippen LogP contribution in [0.1, 0.15) is 34.7 Å². The Labute approximate surface area is 262 Å². The van der Waals surface area contributed by atoms with E-state index in [1.165, 1.54) is 4.90 Å². The van der Waals surface area contributed by atoms with Crippen LogP contribution in [0.2, 0.25) is 0 Å². The number of hydrogen-bond donors (Lipinski definition) is 0. The third-order valence-electron chi connectivity index (χ3n) is 10.2. The maximum Gasteiger partial charge on any atom is 0.239 e. The van der Waals surface area contributed by atoms with Crippen molar-refractivity contribution >= 4 is 34.4 Å². The highest BCUT2D eigenvalue weighted by atomic mass is 16.2. The van der Waals surface area contributed by atoms with Gasteiger partial charge >= 0.3 is 0 Å². The number of allylic oxidation sites excluding steroid dienone is 2. The Morgan fingerprint density at radius 3 is 1.27 bits per heavy atom. The summed E-state index contributed by atoms with van der Waals surface area (Å²) in [6.07, 6.45) is 0.848. The lowest BCUT2D eigenvalue weighted by Crippen LogP contribution is -2.45. The number of benzene rings is 5. The van der Waals surface area contributed by atoms with Gasteiger partial charge in [0.1, 0.15) is 0 Å². The van der Waals surface area contributed by atoms with Crippen molar-refractivity contribution in [1.82, 2.24) is 0 Å². The summed E-state index contributed by atoms with van der Waals surface area (Å²) in [5.74, 6) is -2.61. The third kappa shape index (κ3) is 3.45. The molecule has 2 fully saturated rings. The lowest BCUT2D eigenvalue weighted by molar-refractivity contribution is -0.130. The number of hydrogen-bond acceptors (Lipinski definition) is 3. The molecule has 5 aromatic rings. The van der Waals surface area contributed by atoms with Crippen molar-refractivity contribution in [2.24, 2.45) is 11.8 Å². The van der Waals surface area contributed by atoms with E-state index in [0.29, 0.717) is 5.69 Å². The standard InChI is InChI=1S/C41H31NO3/c1-2-27-23-25-32(26-24-27)42-37(43)35-36(38(42)44)41(31-21-13-6-14-22-31)34(29-17-9-4-10-18-29)33(28-15-7-3-8-16-28)40(35,39(41)45)30-19-11-5-12-20-30/h3-26,35-36H,2H2,1H3/t35-,36+,40-,41-/m0/s1. The fourth-order valence-electron chi connectivity index (χ4n) is 8.47. The topological polar surface area (TPSA) is 54.5 Å². The van der Waals surface area contributed by atoms with E-state index >= 15 is 4.79 Å². The zero-order chi connectivity index (χ0) is 30.8. The Hall–Kier alpha value is -5.35. The third-order valence-corrected chi connectivity index (χ3v) is 10.2. The summed E-state index contributed by atoms with van der Waals surface area (Å²) in [6, 6.07) is 46.8. The summed E-state index contributed by atoms with van der Waals surface area (Å²) in [5.41, 5.74) is 3.70. The first-order valence-corrected chi connectivity index (χ1v) is 15.5. The summed E-state index contributed by atoms with van der Waals surface area (Å²) >= 11 is 0. The second kappa shape index (κ2) is 10.1. The lowest BCUT2D eigenvalue weighted by Gasteiger charge is -2.39. The monoisotopic (exact) mass is 585 g/mol. The molecule has 4 atom stereocenters. The van der Waals surface area contributed by atoms with Crippen LogP contribution in [-0.2, 0) is 31.6 Å². The number of carbonyl (C=O) groups is 3. The molecule has 45 heavy (non-hydrogen) atoms. The van der Waals surface area contributed by atoms with Crippen LogP contribution in [0.25, 0.3) is 11.1 Å². The summed E-state index contributed by atoms with van der Waals surface area (Å²) in [6.45, 7) is 2.07. The molecule has 3 aliphatic rings. The second-order valence-corrected chi connectivity index (χ2v) is 12.1. The lowest BCUT2D eigenvalue weighted by atomic mass is 9.59. The molecule has 2 bridgehead atoms. The Balaban J connectivity index is 1.53. The van der Waals surface area contributed by atoms with Gasteiger partial charge in [-0.05, 0) is 57.5 Å². The number of amides is 2. The average Bonchev–Trinajstić information content (AvgIpc) is 3.62. The number of fused-ring (bicyclic) bond motifs is 5. The number of imide groups is 1. The molecule has 0 radical (unpaired) electrons. The number of aryl methyl sites for hydroxylation is 1. The van der Waals surface area contributed by atoms with Gasteiger partial charge in [-0.3, -0.25) is 14.4 Å². The summed E-state index contributed by atoms with van der Waals surface area (Å²) < 4.78 is 0. The smallest absolute Gasteiger partial charge is 0.239 e. The molecular weight excluding hydrogens is 554 g/mol. The zero-order valence-electron chi connectivity index (χ0n) is 24.9. The predicted molar refractivity (Wildman–Crippen MR) is 176 cm³/mol. The molecule has 1 saturated carbocycles. The number of anilines is 1. The highest BCUT2D eigenvalue weighted by Crippen LogP contribution is 2.74. The number of rotatable bonds is 6. The Morgan fingerprint density at radius 2 is 0.889 bits per heavy atom. The SMILES string of the molecule is CCc1ccc(N2C(=O)[C@@H]3[C@H](C2=O)[C@@]2(c4ccccc4)C(=O)[C@@]3(c3ccccc3)C(c3ccccc3)=C2c2ccccc2)cc1. The van der Waals surface area contributed by atoms with Gasteiger partial charge in [-0.15, -0.1) is 0 Å². The molecule has 1 aliphatic heterocycles. The molecule has 0 aromatic heterocycles. The van der Waals surface area contributed by atoms with E-state index in [1.807, 2.05) is 146 Å². The van der Waals surface area contributed by atoms with E-state index in [4.69, 9.17) is 0 Å². The number of carbonyl (C=O) groups excluding carboxylic acids is 3. The van der Waals surface area contributed by atoms with Crippen LogP contribution in [0.3, 0.4) is 0 Å². The number of ketones is 1. The molecule has 4 heteroatoms. The first kappa shape index (κ1) is 27.2. The van der Waals surface area contributed by atoms with Crippen LogP contribution in [-0.4, -0.2) is 17.6 Å². The van der Waals surface area contributed by atoms with Gasteiger partial charge in [-0.1, -0.05) is 140 Å². The second-order valence-electron chi connectivity index (χ2n) is 12.1. The molecule has 1 saturated heterocycles. The molecular formula is C41H31NO3. The van der Waals surface area contributed by atoms with Gasteiger partial charge in [-0.25, -0.2) is 4.90 Å².